The third-order valence-electron chi connectivity index (χ3n) is 8.31. The fourth-order valence-corrected chi connectivity index (χ4v) is 5.21. The quantitative estimate of drug-likeness (QED) is 0.0405. The molecule has 2 heterocycles. The molecule has 11 unspecified atom stereocenters. The van der Waals surface area contributed by atoms with Crippen molar-refractivity contribution in [1.29, 1.82) is 0 Å². The molecule has 7 N–H and O–H groups in total. The van der Waals surface area contributed by atoms with Gasteiger partial charge in [0.1, 0.15) is 54.9 Å². The zero-order valence-electron chi connectivity index (χ0n) is 30.5. The van der Waals surface area contributed by atoms with Gasteiger partial charge >= 0.3 is 5.97 Å². The van der Waals surface area contributed by atoms with Gasteiger partial charge in [0, 0.05) is 6.42 Å². The van der Waals surface area contributed by atoms with Crippen LogP contribution in [0.15, 0.2) is 60.8 Å². The first-order valence-corrected chi connectivity index (χ1v) is 18.4. The molecule has 0 aromatic heterocycles. The maximum Gasteiger partial charge on any atom is 0.306 e. The first-order valence-electron chi connectivity index (χ1n) is 18.4. The lowest BCUT2D eigenvalue weighted by Gasteiger charge is -2.42. The Balaban J connectivity index is 1.80. The van der Waals surface area contributed by atoms with Gasteiger partial charge in [-0.15, -0.1) is 0 Å². The van der Waals surface area contributed by atoms with Gasteiger partial charge < -0.3 is 64.2 Å². The second-order valence-electron chi connectivity index (χ2n) is 12.7. The molecule has 0 aromatic rings. The largest absolute Gasteiger partial charge is 0.457 e. The molecule has 14 nitrogen and oxygen atoms in total. The Morgan fingerprint density at radius 1 is 0.654 bits per heavy atom. The van der Waals surface area contributed by atoms with Gasteiger partial charge in [0.05, 0.1) is 33.0 Å². The molecular formula is C38H62O14. The van der Waals surface area contributed by atoms with Gasteiger partial charge in [-0.2, -0.15) is 0 Å². The summed E-state index contributed by atoms with van der Waals surface area (Å²) in [6.45, 7) is 3.01. The molecule has 52 heavy (non-hydrogen) atoms. The standard InChI is InChI=1S/C38H62O14/c1-3-5-7-8-9-10-11-12-13-14-15-16-17-18-19-20-22-47-24-27(50-30(40)21-6-4-2)25-48-37-36(46)34(44)32(42)29(52-37)26-49-38-35(45)33(43)31(41)28(23-39)51-38/h5,7,9-10,12-13,15-16,18-19,27-29,31-39,41-46H,3-4,6,8,11,14,17,20-26H2,1-2H3/b7-5-,10-9-,13-12-,16-15-,19-18-. The second kappa shape index (κ2) is 27.3. The van der Waals surface area contributed by atoms with E-state index in [0.717, 1.165) is 38.5 Å². The van der Waals surface area contributed by atoms with Crippen molar-refractivity contribution in [2.75, 3.05) is 33.0 Å². The summed E-state index contributed by atoms with van der Waals surface area (Å²) in [7, 11) is 0. The van der Waals surface area contributed by atoms with Crippen LogP contribution in [0.25, 0.3) is 0 Å². The molecule has 0 bridgehead atoms. The molecule has 2 rings (SSSR count). The van der Waals surface area contributed by atoms with Gasteiger partial charge in [-0.3, -0.25) is 4.79 Å². The molecule has 0 spiro atoms. The minimum Gasteiger partial charge on any atom is -0.457 e. The predicted octanol–water partition coefficient (Wildman–Crippen LogP) is 1.89. The van der Waals surface area contributed by atoms with E-state index in [9.17, 15) is 40.5 Å². The fourth-order valence-electron chi connectivity index (χ4n) is 5.21. The highest BCUT2D eigenvalue weighted by atomic mass is 16.7. The molecule has 2 aliphatic heterocycles. The molecular weight excluding hydrogens is 680 g/mol. The van der Waals surface area contributed by atoms with Crippen LogP contribution in [0.4, 0.5) is 0 Å². The van der Waals surface area contributed by atoms with Crippen molar-refractivity contribution in [3.8, 4) is 0 Å². The van der Waals surface area contributed by atoms with Gasteiger partial charge in [-0.05, 0) is 44.9 Å². The van der Waals surface area contributed by atoms with Crippen LogP contribution in [0.5, 0.6) is 0 Å². The highest BCUT2D eigenvalue weighted by Crippen LogP contribution is 2.26. The summed E-state index contributed by atoms with van der Waals surface area (Å²) in [6.07, 6.45) is 11.8. The zero-order valence-corrected chi connectivity index (χ0v) is 30.5. The number of aliphatic hydroxyl groups is 7. The average molecular weight is 743 g/mol. The number of hydrogen-bond donors (Lipinski definition) is 7. The molecule has 0 saturated carbocycles. The molecule has 298 valence electrons. The third-order valence-corrected chi connectivity index (χ3v) is 8.31. The molecule has 11 atom stereocenters. The lowest BCUT2D eigenvalue weighted by atomic mass is 9.98. The van der Waals surface area contributed by atoms with Crippen LogP contribution in [0.1, 0.15) is 71.6 Å². The van der Waals surface area contributed by atoms with Crippen molar-refractivity contribution in [3.05, 3.63) is 60.8 Å². The van der Waals surface area contributed by atoms with E-state index in [-0.39, 0.29) is 19.6 Å². The van der Waals surface area contributed by atoms with Crippen LogP contribution >= 0.6 is 0 Å². The van der Waals surface area contributed by atoms with E-state index in [0.29, 0.717) is 19.4 Å². The number of rotatable bonds is 25. The normalized spacial score (nSPS) is 30.8. The predicted molar refractivity (Wildman–Crippen MR) is 192 cm³/mol. The maximum atomic E-state index is 12.4. The minimum atomic E-state index is -1.72. The highest BCUT2D eigenvalue weighted by molar-refractivity contribution is 5.69. The van der Waals surface area contributed by atoms with E-state index in [4.69, 9.17) is 28.4 Å². The number of ether oxygens (including phenoxy) is 6. The van der Waals surface area contributed by atoms with Crippen molar-refractivity contribution in [2.24, 2.45) is 0 Å². The Morgan fingerprint density at radius 2 is 1.17 bits per heavy atom. The number of carbonyl (C=O) groups excluding carboxylic acids is 1. The number of aliphatic hydroxyl groups excluding tert-OH is 7. The fraction of sp³-hybridized carbons (Fsp3) is 0.711. The molecule has 14 heteroatoms. The third kappa shape index (κ3) is 17.2. The molecule has 2 saturated heterocycles. The molecule has 0 aromatic carbocycles. The van der Waals surface area contributed by atoms with E-state index >= 15 is 0 Å². The number of allylic oxidation sites excluding steroid dienone is 9. The summed E-state index contributed by atoms with van der Waals surface area (Å²) in [4.78, 5) is 12.4. The summed E-state index contributed by atoms with van der Waals surface area (Å²) in [5.41, 5.74) is 0. The van der Waals surface area contributed by atoms with Crippen LogP contribution in [0.2, 0.25) is 0 Å². The first kappa shape index (κ1) is 45.8. The van der Waals surface area contributed by atoms with Crippen molar-refractivity contribution in [1.82, 2.24) is 0 Å². The van der Waals surface area contributed by atoms with Crippen LogP contribution in [0.3, 0.4) is 0 Å². The van der Waals surface area contributed by atoms with Gasteiger partial charge in [0.15, 0.2) is 12.6 Å². The van der Waals surface area contributed by atoms with Crippen LogP contribution in [-0.4, -0.2) is 142 Å². The topological polar surface area (TPSA) is 214 Å². The number of hydrogen-bond acceptors (Lipinski definition) is 14. The number of esters is 1. The molecule has 0 amide bonds. The Kier molecular flexibility index (Phi) is 24.1. The first-order chi connectivity index (χ1) is 25.1. The lowest BCUT2D eigenvalue weighted by molar-refractivity contribution is -0.332. The average Bonchev–Trinajstić information content (AvgIpc) is 3.14. The van der Waals surface area contributed by atoms with Gasteiger partial charge in [-0.1, -0.05) is 81.0 Å². The van der Waals surface area contributed by atoms with Crippen molar-refractivity contribution in [3.63, 3.8) is 0 Å². The van der Waals surface area contributed by atoms with Crippen LogP contribution in [0, 0.1) is 0 Å². The van der Waals surface area contributed by atoms with Crippen molar-refractivity contribution < 1.29 is 69.0 Å². The molecule has 2 fully saturated rings. The van der Waals surface area contributed by atoms with Crippen molar-refractivity contribution >= 4 is 5.97 Å². The molecule has 0 radical (unpaired) electrons. The van der Waals surface area contributed by atoms with Gasteiger partial charge in [-0.25, -0.2) is 0 Å². The van der Waals surface area contributed by atoms with Crippen LogP contribution in [-0.2, 0) is 33.2 Å². The van der Waals surface area contributed by atoms with E-state index < -0.39 is 86.7 Å². The van der Waals surface area contributed by atoms with Gasteiger partial charge in [0.25, 0.3) is 0 Å². The summed E-state index contributed by atoms with van der Waals surface area (Å²) in [5.74, 6) is -0.441. The zero-order chi connectivity index (χ0) is 38.1. The summed E-state index contributed by atoms with van der Waals surface area (Å²) < 4.78 is 33.4. The highest BCUT2D eigenvalue weighted by Gasteiger charge is 2.47. The summed E-state index contributed by atoms with van der Waals surface area (Å²) in [5, 5.41) is 71.1. The lowest BCUT2D eigenvalue weighted by Crippen LogP contribution is -2.61. The Labute approximate surface area is 307 Å². The maximum absolute atomic E-state index is 12.4. The number of carbonyl (C=O) groups is 1. The smallest absolute Gasteiger partial charge is 0.306 e. The summed E-state index contributed by atoms with van der Waals surface area (Å²) in [6, 6.07) is 0. The Morgan fingerprint density at radius 3 is 1.73 bits per heavy atom. The van der Waals surface area contributed by atoms with E-state index in [1.807, 2.05) is 19.1 Å². The van der Waals surface area contributed by atoms with E-state index in [2.05, 4.69) is 55.5 Å². The van der Waals surface area contributed by atoms with Crippen molar-refractivity contribution in [2.45, 2.75) is 139 Å². The SMILES string of the molecule is CC/C=C\C/C=C\C/C=C\C/C=C\C/C=C\CCOCC(COC1OC(COC2OC(CO)C(O)C(O)C2O)C(O)C(O)C1O)OC(=O)CCCC. The summed E-state index contributed by atoms with van der Waals surface area (Å²) >= 11 is 0. The number of unbranched alkanes of at least 4 members (excludes halogenated alkanes) is 1. The Bertz CT molecular complexity index is 1090. The monoisotopic (exact) mass is 742 g/mol. The molecule has 2 aliphatic rings. The second-order valence-corrected chi connectivity index (χ2v) is 12.7. The Hall–Kier alpha value is -2.31. The minimum absolute atomic E-state index is 0.000212. The van der Waals surface area contributed by atoms with E-state index in [1.165, 1.54) is 0 Å². The van der Waals surface area contributed by atoms with E-state index in [1.54, 1.807) is 0 Å². The van der Waals surface area contributed by atoms with Crippen LogP contribution < -0.4 is 0 Å². The van der Waals surface area contributed by atoms with Gasteiger partial charge in [0.2, 0.25) is 0 Å². The molecule has 0 aliphatic carbocycles.